The first-order valence-corrected chi connectivity index (χ1v) is 6.14. The van der Waals surface area contributed by atoms with Crippen LogP contribution in [0.2, 0.25) is 0 Å². The number of thioether (sulfide) groups is 1. The molecule has 3 nitrogen and oxygen atoms in total. The quantitative estimate of drug-likeness (QED) is 0.750. The summed E-state index contributed by atoms with van der Waals surface area (Å²) in [7, 11) is 1.66. The summed E-state index contributed by atoms with van der Waals surface area (Å²) in [5, 5.41) is 1.02. The van der Waals surface area contributed by atoms with E-state index in [0.29, 0.717) is 0 Å². The summed E-state index contributed by atoms with van der Waals surface area (Å²) in [6.07, 6.45) is 3.78. The maximum absolute atomic E-state index is 11.4. The van der Waals surface area contributed by atoms with E-state index in [4.69, 9.17) is 4.74 Å². The largest absolute Gasteiger partial charge is 0.496 e. The second-order valence-corrected chi connectivity index (χ2v) is 4.32. The number of carbonyl (C=O) groups excluding carboxylic acids is 1. The molecule has 0 amide bonds. The molecule has 16 heavy (non-hydrogen) atoms. The zero-order valence-corrected chi connectivity index (χ0v) is 10.3. The van der Waals surface area contributed by atoms with Gasteiger partial charge in [-0.1, -0.05) is 0 Å². The molecule has 0 saturated carbocycles. The molecule has 0 spiro atoms. The average molecular weight is 235 g/mol. The lowest BCUT2D eigenvalue weighted by Crippen LogP contribution is -2.03. The van der Waals surface area contributed by atoms with Gasteiger partial charge in [0.05, 0.1) is 17.5 Å². The van der Waals surface area contributed by atoms with Gasteiger partial charge in [0, 0.05) is 18.5 Å². The third kappa shape index (κ3) is 1.69. The molecule has 0 aliphatic rings. The van der Waals surface area contributed by atoms with Crippen LogP contribution in [0.5, 0.6) is 5.75 Å². The van der Waals surface area contributed by atoms with Crippen LogP contribution in [0.1, 0.15) is 11.7 Å². The Morgan fingerprint density at radius 3 is 2.75 bits per heavy atom. The van der Waals surface area contributed by atoms with Crippen molar-refractivity contribution in [1.29, 1.82) is 0 Å². The highest BCUT2D eigenvalue weighted by Gasteiger charge is 2.09. The van der Waals surface area contributed by atoms with Crippen molar-refractivity contribution in [3.05, 3.63) is 24.4 Å². The van der Waals surface area contributed by atoms with Crippen LogP contribution in [0, 0.1) is 0 Å². The van der Waals surface area contributed by atoms with Crippen LogP contribution in [-0.2, 0) is 0 Å². The highest BCUT2D eigenvalue weighted by molar-refractivity contribution is 7.98. The first-order chi connectivity index (χ1) is 7.67. The second-order valence-electron chi connectivity index (χ2n) is 3.47. The Bertz CT molecular complexity index is 545. The van der Waals surface area contributed by atoms with Crippen molar-refractivity contribution < 1.29 is 9.53 Å². The number of nitrogens with zero attached hydrogens (tertiary/aromatic N) is 1. The van der Waals surface area contributed by atoms with Gasteiger partial charge >= 0.3 is 0 Å². The molecule has 2 aromatic rings. The van der Waals surface area contributed by atoms with E-state index in [2.05, 4.69) is 0 Å². The van der Waals surface area contributed by atoms with Gasteiger partial charge in [0.2, 0.25) is 5.91 Å². The molecule has 0 fully saturated rings. The molecule has 0 aliphatic heterocycles. The number of fused-ring (bicyclic) bond motifs is 1. The van der Waals surface area contributed by atoms with E-state index < -0.39 is 0 Å². The van der Waals surface area contributed by atoms with Crippen LogP contribution in [0.25, 0.3) is 10.9 Å². The summed E-state index contributed by atoms with van der Waals surface area (Å²) in [6.45, 7) is 1.56. The number of benzene rings is 1. The van der Waals surface area contributed by atoms with Gasteiger partial charge in [-0.2, -0.15) is 0 Å². The minimum absolute atomic E-state index is 0.0206. The standard InChI is InChI=1S/C12H13NO2S/c1-8(14)13-5-4-9-6-11(15-2)12(16-3)7-10(9)13/h4-7H,1-3H3. The van der Waals surface area contributed by atoms with Crippen molar-refractivity contribution in [2.24, 2.45) is 0 Å². The SMILES string of the molecule is COc1cc2ccn(C(C)=O)c2cc1SC. The van der Waals surface area contributed by atoms with Gasteiger partial charge in [0.1, 0.15) is 5.75 Å². The first kappa shape index (κ1) is 11.1. The van der Waals surface area contributed by atoms with E-state index in [9.17, 15) is 4.79 Å². The van der Waals surface area contributed by atoms with E-state index in [1.165, 1.54) is 0 Å². The van der Waals surface area contributed by atoms with E-state index in [1.807, 2.05) is 24.5 Å². The highest BCUT2D eigenvalue weighted by atomic mass is 32.2. The van der Waals surface area contributed by atoms with Crippen LogP contribution < -0.4 is 4.74 Å². The lowest BCUT2D eigenvalue weighted by atomic mass is 10.2. The van der Waals surface area contributed by atoms with Crippen molar-refractivity contribution in [2.45, 2.75) is 11.8 Å². The summed E-state index contributed by atoms with van der Waals surface area (Å²) < 4.78 is 6.95. The summed E-state index contributed by atoms with van der Waals surface area (Å²) in [4.78, 5) is 12.4. The molecule has 0 atom stereocenters. The number of carbonyl (C=O) groups is 1. The van der Waals surface area contributed by atoms with Crippen LogP contribution in [-0.4, -0.2) is 23.8 Å². The molecule has 2 rings (SSSR count). The van der Waals surface area contributed by atoms with Gasteiger partial charge in [0.25, 0.3) is 0 Å². The number of hydrogen-bond donors (Lipinski definition) is 0. The maximum Gasteiger partial charge on any atom is 0.227 e. The molecule has 1 aromatic carbocycles. The van der Waals surface area contributed by atoms with E-state index >= 15 is 0 Å². The van der Waals surface area contributed by atoms with E-state index in [-0.39, 0.29) is 5.91 Å². The second kappa shape index (κ2) is 4.22. The van der Waals surface area contributed by atoms with Gasteiger partial charge in [-0.05, 0) is 24.5 Å². The normalized spacial score (nSPS) is 10.7. The maximum atomic E-state index is 11.4. The van der Waals surface area contributed by atoms with Gasteiger partial charge in [-0.25, -0.2) is 0 Å². The predicted molar refractivity (Wildman–Crippen MR) is 66.6 cm³/mol. The molecular formula is C12H13NO2S. The zero-order chi connectivity index (χ0) is 11.7. The van der Waals surface area contributed by atoms with Gasteiger partial charge in [-0.15, -0.1) is 11.8 Å². The number of ether oxygens (including phenoxy) is 1. The average Bonchev–Trinajstić information content (AvgIpc) is 2.69. The van der Waals surface area contributed by atoms with Crippen molar-refractivity contribution in [2.75, 3.05) is 13.4 Å². The van der Waals surface area contributed by atoms with Crippen molar-refractivity contribution in [3.8, 4) is 5.75 Å². The molecule has 0 bridgehead atoms. The molecule has 0 aliphatic carbocycles. The van der Waals surface area contributed by atoms with Crippen molar-refractivity contribution in [3.63, 3.8) is 0 Å². The van der Waals surface area contributed by atoms with Crippen LogP contribution in [0.3, 0.4) is 0 Å². The predicted octanol–water partition coefficient (Wildman–Crippen LogP) is 3.03. The molecule has 1 heterocycles. The Hall–Kier alpha value is -1.42. The minimum atomic E-state index is 0.0206. The first-order valence-electron chi connectivity index (χ1n) is 4.91. The number of methoxy groups -OCH3 is 1. The number of hydrogen-bond acceptors (Lipinski definition) is 3. The van der Waals surface area contributed by atoms with Gasteiger partial charge < -0.3 is 4.74 Å². The molecule has 84 valence electrons. The molecular weight excluding hydrogens is 222 g/mol. The molecule has 0 radical (unpaired) electrons. The molecule has 4 heteroatoms. The zero-order valence-electron chi connectivity index (χ0n) is 9.48. The lowest BCUT2D eigenvalue weighted by molar-refractivity contribution is 0.0941. The number of aromatic nitrogens is 1. The monoisotopic (exact) mass is 235 g/mol. The van der Waals surface area contributed by atoms with Gasteiger partial charge in [-0.3, -0.25) is 9.36 Å². The highest BCUT2D eigenvalue weighted by Crippen LogP contribution is 2.32. The summed E-state index contributed by atoms with van der Waals surface area (Å²) >= 11 is 1.61. The summed E-state index contributed by atoms with van der Waals surface area (Å²) in [5.41, 5.74) is 0.928. The third-order valence-electron chi connectivity index (χ3n) is 2.53. The summed E-state index contributed by atoms with van der Waals surface area (Å²) in [5.74, 6) is 0.869. The van der Waals surface area contributed by atoms with Crippen LogP contribution in [0.15, 0.2) is 29.3 Å². The number of rotatable bonds is 2. The van der Waals surface area contributed by atoms with Crippen molar-refractivity contribution in [1.82, 2.24) is 4.57 Å². The Kier molecular flexibility index (Phi) is 2.92. The summed E-state index contributed by atoms with van der Waals surface area (Å²) in [6, 6.07) is 5.87. The topological polar surface area (TPSA) is 31.2 Å². The molecule has 0 saturated heterocycles. The van der Waals surface area contributed by atoms with Crippen LogP contribution >= 0.6 is 11.8 Å². The Labute approximate surface area is 98.4 Å². The van der Waals surface area contributed by atoms with Crippen molar-refractivity contribution >= 4 is 28.6 Å². The minimum Gasteiger partial charge on any atom is -0.496 e. The molecule has 1 aromatic heterocycles. The fraction of sp³-hybridized carbons (Fsp3) is 0.250. The smallest absolute Gasteiger partial charge is 0.227 e. The fourth-order valence-electron chi connectivity index (χ4n) is 1.74. The Morgan fingerprint density at radius 2 is 2.19 bits per heavy atom. The Balaban J connectivity index is 2.71. The van der Waals surface area contributed by atoms with Gasteiger partial charge in [0.15, 0.2) is 0 Å². The molecule has 0 N–H and O–H groups in total. The lowest BCUT2D eigenvalue weighted by Gasteiger charge is -2.07. The fourth-order valence-corrected chi connectivity index (χ4v) is 2.31. The molecule has 0 unspecified atom stereocenters. The Morgan fingerprint density at radius 1 is 1.44 bits per heavy atom. The van der Waals surface area contributed by atoms with E-state index in [0.717, 1.165) is 21.5 Å². The van der Waals surface area contributed by atoms with E-state index in [1.54, 1.807) is 36.6 Å². The third-order valence-corrected chi connectivity index (χ3v) is 3.29. The van der Waals surface area contributed by atoms with Crippen LogP contribution in [0.4, 0.5) is 0 Å².